The van der Waals surface area contributed by atoms with Crippen molar-refractivity contribution < 1.29 is 24.2 Å². The molecule has 4 rings (SSSR count). The van der Waals surface area contributed by atoms with Crippen molar-refractivity contribution in [3.63, 3.8) is 0 Å². The zero-order valence-corrected chi connectivity index (χ0v) is 21.1. The number of Topliss-reactive ketones (excluding diaryl/α,β-unsaturated/α-hetero) is 1. The third kappa shape index (κ3) is 4.43. The number of methoxy groups -OCH3 is 2. The largest absolute Gasteiger partial charge is 0.493 e. The second kappa shape index (κ2) is 9.29. The number of rotatable bonds is 7. The molecule has 0 aromatic heterocycles. The van der Waals surface area contributed by atoms with Crippen LogP contribution in [0.3, 0.4) is 0 Å². The van der Waals surface area contributed by atoms with E-state index in [0.717, 1.165) is 10.0 Å². The monoisotopic (exact) mass is 573 g/mol. The van der Waals surface area contributed by atoms with Gasteiger partial charge >= 0.3 is 0 Å². The number of amides is 1. The van der Waals surface area contributed by atoms with Gasteiger partial charge in [0.25, 0.3) is 5.91 Å². The van der Waals surface area contributed by atoms with E-state index >= 15 is 0 Å². The minimum absolute atomic E-state index is 0.271. The first kappa shape index (κ1) is 23.5. The number of halogens is 2. The van der Waals surface area contributed by atoms with E-state index in [-0.39, 0.29) is 12.3 Å². The maximum Gasteiger partial charge on any atom is 0.264 e. The van der Waals surface area contributed by atoms with Gasteiger partial charge in [-0.3, -0.25) is 9.59 Å². The van der Waals surface area contributed by atoms with Crippen molar-refractivity contribution in [3.8, 4) is 11.5 Å². The maximum atomic E-state index is 13.5. The van der Waals surface area contributed by atoms with Crippen molar-refractivity contribution >= 4 is 49.2 Å². The summed E-state index contributed by atoms with van der Waals surface area (Å²) >= 11 is 6.83. The smallest absolute Gasteiger partial charge is 0.264 e. The van der Waals surface area contributed by atoms with Crippen LogP contribution in [0.5, 0.6) is 11.5 Å². The number of carbonyl (C=O) groups is 2. The minimum atomic E-state index is -1.99. The molecule has 8 heteroatoms. The number of ether oxygens (including phenoxy) is 2. The Morgan fingerprint density at radius 2 is 1.61 bits per heavy atom. The van der Waals surface area contributed by atoms with Crippen LogP contribution in [0.4, 0.5) is 5.69 Å². The summed E-state index contributed by atoms with van der Waals surface area (Å²) in [5.74, 6) is -0.0386. The van der Waals surface area contributed by atoms with E-state index in [1.807, 2.05) is 30.3 Å². The van der Waals surface area contributed by atoms with E-state index in [1.165, 1.54) is 19.1 Å². The summed E-state index contributed by atoms with van der Waals surface area (Å²) in [5.41, 5.74) is 0.202. The van der Waals surface area contributed by atoms with Gasteiger partial charge in [0.1, 0.15) is 0 Å². The van der Waals surface area contributed by atoms with Gasteiger partial charge < -0.3 is 19.5 Å². The highest BCUT2D eigenvalue weighted by Crippen LogP contribution is 2.45. The fourth-order valence-corrected chi connectivity index (χ4v) is 4.59. The summed E-state index contributed by atoms with van der Waals surface area (Å²) in [6.07, 6.45) is -0.401. The second-order valence-electron chi connectivity index (χ2n) is 7.71. The average Bonchev–Trinajstić information content (AvgIpc) is 3.01. The molecule has 1 atom stereocenters. The van der Waals surface area contributed by atoms with Crippen LogP contribution >= 0.6 is 31.9 Å². The number of ketones is 1. The van der Waals surface area contributed by atoms with Crippen molar-refractivity contribution in [3.05, 3.63) is 86.3 Å². The number of carbonyl (C=O) groups excluding carboxylic acids is 2. The van der Waals surface area contributed by atoms with Crippen LogP contribution in [-0.4, -0.2) is 31.0 Å². The van der Waals surface area contributed by atoms with Crippen LogP contribution in [-0.2, 0) is 16.9 Å². The van der Waals surface area contributed by atoms with Crippen molar-refractivity contribution in [1.29, 1.82) is 0 Å². The standard InChI is InChI=1S/C25H21Br2NO5/c1-32-22-10-5-16(11-23(22)33-2)21(29)13-25(31)19-12-18(27)8-9-20(19)28(24(25)30)14-15-3-6-17(26)7-4-15/h3-12,31H,13-14H2,1-2H3. The molecule has 1 amide bonds. The van der Waals surface area contributed by atoms with Gasteiger partial charge in [0.15, 0.2) is 22.9 Å². The Morgan fingerprint density at radius 1 is 0.939 bits per heavy atom. The molecule has 6 nitrogen and oxygen atoms in total. The fourth-order valence-electron chi connectivity index (χ4n) is 3.97. The molecule has 0 fully saturated rings. The number of hydrogen-bond acceptors (Lipinski definition) is 5. The Morgan fingerprint density at radius 3 is 2.27 bits per heavy atom. The molecule has 3 aromatic rings. The summed E-state index contributed by atoms with van der Waals surface area (Å²) in [4.78, 5) is 28.2. The van der Waals surface area contributed by atoms with Gasteiger partial charge in [0.2, 0.25) is 0 Å². The lowest BCUT2D eigenvalue weighted by molar-refractivity contribution is -0.136. The van der Waals surface area contributed by atoms with Crippen LogP contribution < -0.4 is 14.4 Å². The highest BCUT2D eigenvalue weighted by atomic mass is 79.9. The first-order valence-corrected chi connectivity index (χ1v) is 11.7. The van der Waals surface area contributed by atoms with Crippen LogP contribution in [0, 0.1) is 0 Å². The third-order valence-electron chi connectivity index (χ3n) is 5.67. The summed E-state index contributed by atoms with van der Waals surface area (Å²) in [5, 5.41) is 11.6. The van der Waals surface area contributed by atoms with E-state index in [9.17, 15) is 14.7 Å². The summed E-state index contributed by atoms with van der Waals surface area (Å²) in [6, 6.07) is 17.6. The molecular formula is C25H21Br2NO5. The van der Waals surface area contributed by atoms with E-state index in [0.29, 0.717) is 32.8 Å². The second-order valence-corrected chi connectivity index (χ2v) is 9.54. The third-order valence-corrected chi connectivity index (χ3v) is 6.69. The number of fused-ring (bicyclic) bond motifs is 1. The molecule has 0 saturated heterocycles. The first-order valence-electron chi connectivity index (χ1n) is 10.1. The quantitative estimate of drug-likeness (QED) is 0.391. The molecule has 170 valence electrons. The Labute approximate surface area is 208 Å². The Hall–Kier alpha value is -2.68. The summed E-state index contributed by atoms with van der Waals surface area (Å²) in [6.45, 7) is 0.271. The highest BCUT2D eigenvalue weighted by molar-refractivity contribution is 9.10. The van der Waals surface area contributed by atoms with Gasteiger partial charge in [-0.15, -0.1) is 0 Å². The lowest BCUT2D eigenvalue weighted by Crippen LogP contribution is -2.41. The first-order chi connectivity index (χ1) is 15.8. The molecule has 1 unspecified atom stereocenters. The van der Waals surface area contributed by atoms with Crippen LogP contribution in [0.1, 0.15) is 27.9 Å². The molecular weight excluding hydrogens is 554 g/mol. The predicted molar refractivity (Wildman–Crippen MR) is 132 cm³/mol. The molecule has 1 N–H and O–H groups in total. The predicted octanol–water partition coefficient (Wildman–Crippen LogP) is 5.24. The molecule has 0 bridgehead atoms. The van der Waals surface area contributed by atoms with Gasteiger partial charge in [-0.1, -0.05) is 44.0 Å². The Bertz CT molecular complexity index is 1230. The zero-order chi connectivity index (χ0) is 23.8. The van der Waals surface area contributed by atoms with Crippen LogP contribution in [0.2, 0.25) is 0 Å². The van der Waals surface area contributed by atoms with Crippen molar-refractivity contribution in [2.24, 2.45) is 0 Å². The molecule has 1 aliphatic heterocycles. The highest BCUT2D eigenvalue weighted by Gasteiger charge is 2.51. The molecule has 3 aromatic carbocycles. The van der Waals surface area contributed by atoms with Crippen molar-refractivity contribution in [2.45, 2.75) is 18.6 Å². The molecule has 33 heavy (non-hydrogen) atoms. The Balaban J connectivity index is 1.69. The van der Waals surface area contributed by atoms with Gasteiger partial charge in [-0.25, -0.2) is 0 Å². The fraction of sp³-hybridized carbons (Fsp3) is 0.200. The zero-order valence-electron chi connectivity index (χ0n) is 18.0. The van der Waals surface area contributed by atoms with Crippen LogP contribution in [0.25, 0.3) is 0 Å². The lowest BCUT2D eigenvalue weighted by Gasteiger charge is -2.23. The molecule has 0 aliphatic carbocycles. The molecule has 0 saturated carbocycles. The SMILES string of the molecule is COc1ccc(C(=O)CC2(O)C(=O)N(Cc3ccc(Br)cc3)c3ccc(Br)cc32)cc1OC. The number of nitrogens with zero attached hydrogens (tertiary/aromatic N) is 1. The molecule has 1 aliphatic rings. The molecule has 0 radical (unpaired) electrons. The van der Waals surface area contributed by atoms with Crippen molar-refractivity contribution in [1.82, 2.24) is 0 Å². The van der Waals surface area contributed by atoms with E-state index < -0.39 is 17.9 Å². The summed E-state index contributed by atoms with van der Waals surface area (Å²) in [7, 11) is 2.99. The lowest BCUT2D eigenvalue weighted by atomic mass is 9.88. The van der Waals surface area contributed by atoms with Gasteiger partial charge in [-0.05, 0) is 54.1 Å². The normalized spacial score (nSPS) is 17.1. The van der Waals surface area contributed by atoms with Gasteiger partial charge in [-0.2, -0.15) is 0 Å². The minimum Gasteiger partial charge on any atom is -0.493 e. The van der Waals surface area contributed by atoms with Gasteiger partial charge in [0, 0.05) is 20.1 Å². The number of anilines is 1. The average molecular weight is 575 g/mol. The van der Waals surface area contributed by atoms with E-state index in [1.54, 1.807) is 30.3 Å². The number of benzene rings is 3. The topological polar surface area (TPSA) is 76.1 Å². The number of hydrogen-bond donors (Lipinski definition) is 1. The molecule has 0 spiro atoms. The van der Waals surface area contributed by atoms with Crippen molar-refractivity contribution in [2.75, 3.05) is 19.1 Å². The van der Waals surface area contributed by atoms with E-state index in [2.05, 4.69) is 31.9 Å². The number of aliphatic hydroxyl groups is 1. The maximum absolute atomic E-state index is 13.5. The van der Waals surface area contributed by atoms with Crippen LogP contribution in [0.15, 0.2) is 69.6 Å². The van der Waals surface area contributed by atoms with Gasteiger partial charge in [0.05, 0.1) is 32.9 Å². The Kier molecular flexibility index (Phi) is 6.61. The molecule has 1 heterocycles. The summed E-state index contributed by atoms with van der Waals surface area (Å²) < 4.78 is 12.1. The van der Waals surface area contributed by atoms with E-state index in [4.69, 9.17) is 9.47 Å².